The first kappa shape index (κ1) is 21.2. The monoisotopic (exact) mass is 427 g/mol. The van der Waals surface area contributed by atoms with Gasteiger partial charge in [-0.1, -0.05) is 25.1 Å². The number of hydrogen-bond donors (Lipinski definition) is 3. The summed E-state index contributed by atoms with van der Waals surface area (Å²) in [7, 11) is 3.47. The van der Waals surface area contributed by atoms with Crippen LogP contribution in [0.2, 0.25) is 0 Å². The lowest BCUT2D eigenvalue weighted by molar-refractivity contribution is 0.0964. The minimum atomic E-state index is -0.119. The molecular weight excluding hydrogens is 402 g/mol. The SMILES string of the molecule is CNC(=O)c1ccnc2c([C@H](C)CNc3cc(-c4ccc(NC)nc4)ncn3)cccc12. The molecule has 4 rings (SSSR count). The summed E-state index contributed by atoms with van der Waals surface area (Å²) in [5.74, 6) is 1.56. The number of nitrogens with zero attached hydrogens (tertiary/aromatic N) is 4. The highest BCUT2D eigenvalue weighted by atomic mass is 16.1. The molecule has 4 aromatic rings. The van der Waals surface area contributed by atoms with Crippen molar-refractivity contribution in [1.29, 1.82) is 0 Å². The smallest absolute Gasteiger partial charge is 0.251 e. The summed E-state index contributed by atoms with van der Waals surface area (Å²) >= 11 is 0. The van der Waals surface area contributed by atoms with E-state index < -0.39 is 0 Å². The molecule has 0 aliphatic heterocycles. The standard InChI is InChI=1S/C24H25N7O/c1-15(17-5-4-6-18-19(24(32)26-3)9-10-27-23(17)18)12-28-22-11-20(30-14-31-22)16-7-8-21(25-2)29-13-16/h4-11,13-15H,12H2,1-3H3,(H,25,29)(H,26,32)(H,28,30,31)/t15-/m1/s1. The Kier molecular flexibility index (Phi) is 6.21. The molecule has 1 atom stereocenters. The van der Waals surface area contributed by atoms with Crippen molar-refractivity contribution < 1.29 is 4.79 Å². The van der Waals surface area contributed by atoms with Crippen LogP contribution in [0.1, 0.15) is 28.8 Å². The van der Waals surface area contributed by atoms with Crippen molar-refractivity contribution in [2.45, 2.75) is 12.8 Å². The molecule has 0 radical (unpaired) electrons. The Morgan fingerprint density at radius 1 is 1.00 bits per heavy atom. The molecular formula is C24H25N7O. The third-order valence-corrected chi connectivity index (χ3v) is 5.38. The second-order valence-electron chi connectivity index (χ2n) is 7.43. The van der Waals surface area contributed by atoms with Crippen LogP contribution in [0.5, 0.6) is 0 Å². The van der Waals surface area contributed by atoms with E-state index in [1.165, 1.54) is 0 Å². The zero-order valence-electron chi connectivity index (χ0n) is 18.3. The molecule has 32 heavy (non-hydrogen) atoms. The van der Waals surface area contributed by atoms with Crippen molar-refractivity contribution in [3.05, 3.63) is 72.3 Å². The molecule has 0 fully saturated rings. The third kappa shape index (κ3) is 4.34. The molecule has 8 nitrogen and oxygen atoms in total. The maximum absolute atomic E-state index is 12.2. The van der Waals surface area contributed by atoms with Gasteiger partial charge in [0.25, 0.3) is 5.91 Å². The van der Waals surface area contributed by atoms with E-state index >= 15 is 0 Å². The summed E-state index contributed by atoms with van der Waals surface area (Å²) in [6.45, 7) is 2.77. The molecule has 0 spiro atoms. The molecule has 0 aliphatic rings. The van der Waals surface area contributed by atoms with E-state index in [9.17, 15) is 4.79 Å². The summed E-state index contributed by atoms with van der Waals surface area (Å²) < 4.78 is 0. The molecule has 0 bridgehead atoms. The molecule has 3 aromatic heterocycles. The van der Waals surface area contributed by atoms with Crippen LogP contribution >= 0.6 is 0 Å². The van der Waals surface area contributed by atoms with Crippen molar-refractivity contribution in [1.82, 2.24) is 25.3 Å². The van der Waals surface area contributed by atoms with Crippen molar-refractivity contribution >= 4 is 28.4 Å². The first-order valence-electron chi connectivity index (χ1n) is 10.4. The fourth-order valence-electron chi connectivity index (χ4n) is 3.60. The number of carbonyl (C=O) groups is 1. The summed E-state index contributed by atoms with van der Waals surface area (Å²) in [6.07, 6.45) is 5.01. The van der Waals surface area contributed by atoms with Gasteiger partial charge in [0.05, 0.1) is 16.8 Å². The van der Waals surface area contributed by atoms with Crippen molar-refractivity contribution in [3.63, 3.8) is 0 Å². The van der Waals surface area contributed by atoms with E-state index in [0.717, 1.165) is 39.4 Å². The number of pyridine rings is 2. The molecule has 0 saturated carbocycles. The van der Waals surface area contributed by atoms with Crippen LogP contribution in [-0.2, 0) is 0 Å². The number of nitrogens with one attached hydrogen (secondary N) is 3. The second-order valence-corrected chi connectivity index (χ2v) is 7.43. The van der Waals surface area contributed by atoms with Crippen LogP contribution in [0.4, 0.5) is 11.6 Å². The molecule has 162 valence electrons. The molecule has 1 amide bonds. The normalized spacial score (nSPS) is 11.7. The topological polar surface area (TPSA) is 105 Å². The molecule has 8 heteroatoms. The van der Waals surface area contributed by atoms with Gasteiger partial charge in [0, 0.05) is 56.0 Å². The van der Waals surface area contributed by atoms with Crippen molar-refractivity contribution in [2.24, 2.45) is 0 Å². The average molecular weight is 428 g/mol. The number of anilines is 2. The van der Waals surface area contributed by atoms with E-state index in [4.69, 9.17) is 0 Å². The van der Waals surface area contributed by atoms with Crippen molar-refractivity contribution in [2.75, 3.05) is 31.3 Å². The maximum atomic E-state index is 12.2. The summed E-state index contributed by atoms with van der Waals surface area (Å²) in [5, 5.41) is 9.94. The predicted octanol–water partition coefficient (Wildman–Crippen LogP) is 3.70. The van der Waals surface area contributed by atoms with Crippen LogP contribution < -0.4 is 16.0 Å². The highest BCUT2D eigenvalue weighted by molar-refractivity contribution is 6.06. The Balaban J connectivity index is 1.53. The maximum Gasteiger partial charge on any atom is 0.251 e. The number of para-hydroxylation sites is 1. The van der Waals surface area contributed by atoms with Gasteiger partial charge >= 0.3 is 0 Å². The lowest BCUT2D eigenvalue weighted by Gasteiger charge is -2.16. The molecule has 3 heterocycles. The lowest BCUT2D eigenvalue weighted by Crippen LogP contribution is -2.18. The third-order valence-electron chi connectivity index (χ3n) is 5.38. The van der Waals surface area contributed by atoms with Crippen molar-refractivity contribution in [3.8, 4) is 11.3 Å². The van der Waals surface area contributed by atoms with E-state index in [2.05, 4.69) is 48.9 Å². The Bertz CT molecular complexity index is 1240. The molecule has 0 saturated heterocycles. The zero-order valence-corrected chi connectivity index (χ0v) is 18.3. The summed E-state index contributed by atoms with van der Waals surface area (Å²) in [4.78, 5) is 29.8. The minimum absolute atomic E-state index is 0.119. The second kappa shape index (κ2) is 9.38. The number of rotatable bonds is 7. The van der Waals surface area contributed by atoms with Gasteiger partial charge in [0.15, 0.2) is 0 Å². The molecule has 3 N–H and O–H groups in total. The van der Waals surface area contributed by atoms with Gasteiger partial charge in [-0.3, -0.25) is 9.78 Å². The zero-order chi connectivity index (χ0) is 22.5. The van der Waals surface area contributed by atoms with Crippen LogP contribution in [0.15, 0.2) is 61.2 Å². The lowest BCUT2D eigenvalue weighted by atomic mass is 9.96. The minimum Gasteiger partial charge on any atom is -0.373 e. The Labute approximate surface area is 186 Å². The number of hydrogen-bond acceptors (Lipinski definition) is 7. The van der Waals surface area contributed by atoms with Crippen LogP contribution in [0.3, 0.4) is 0 Å². The number of fused-ring (bicyclic) bond motifs is 1. The highest BCUT2D eigenvalue weighted by Gasteiger charge is 2.15. The fourth-order valence-corrected chi connectivity index (χ4v) is 3.60. The summed E-state index contributed by atoms with van der Waals surface area (Å²) in [6, 6.07) is 13.5. The number of benzene rings is 1. The van der Waals surface area contributed by atoms with E-state index in [0.29, 0.717) is 12.1 Å². The van der Waals surface area contributed by atoms with Crippen LogP contribution in [0.25, 0.3) is 22.2 Å². The van der Waals surface area contributed by atoms with E-state index in [-0.39, 0.29) is 11.8 Å². The van der Waals surface area contributed by atoms with Gasteiger partial charge in [-0.2, -0.15) is 0 Å². The van der Waals surface area contributed by atoms with E-state index in [1.807, 2.05) is 37.4 Å². The van der Waals surface area contributed by atoms with E-state index in [1.54, 1.807) is 31.8 Å². The largest absolute Gasteiger partial charge is 0.373 e. The molecule has 1 aromatic carbocycles. The van der Waals surface area contributed by atoms with Crippen LogP contribution in [0, 0.1) is 0 Å². The molecule has 0 aliphatic carbocycles. The predicted molar refractivity (Wildman–Crippen MR) is 127 cm³/mol. The van der Waals surface area contributed by atoms with Gasteiger partial charge in [-0.05, 0) is 23.8 Å². The van der Waals surface area contributed by atoms with Gasteiger partial charge in [0.2, 0.25) is 0 Å². The van der Waals surface area contributed by atoms with Gasteiger partial charge in [-0.25, -0.2) is 15.0 Å². The fraction of sp³-hybridized carbons (Fsp3) is 0.208. The first-order chi connectivity index (χ1) is 15.6. The van der Waals surface area contributed by atoms with Gasteiger partial charge in [-0.15, -0.1) is 0 Å². The highest BCUT2D eigenvalue weighted by Crippen LogP contribution is 2.27. The van der Waals surface area contributed by atoms with Crippen LogP contribution in [-0.4, -0.2) is 46.5 Å². The number of aromatic nitrogens is 4. The van der Waals surface area contributed by atoms with Gasteiger partial charge in [0.1, 0.15) is 18.0 Å². The Morgan fingerprint density at radius 2 is 1.88 bits per heavy atom. The van der Waals surface area contributed by atoms with Gasteiger partial charge < -0.3 is 16.0 Å². The Hall–Kier alpha value is -4.07. The average Bonchev–Trinajstić information content (AvgIpc) is 2.86. The number of amides is 1. The summed E-state index contributed by atoms with van der Waals surface area (Å²) in [5.41, 5.74) is 4.25. The number of carbonyl (C=O) groups excluding carboxylic acids is 1. The molecule has 0 unspecified atom stereocenters. The quantitative estimate of drug-likeness (QED) is 0.413. The Morgan fingerprint density at radius 3 is 2.62 bits per heavy atom. The first-order valence-corrected chi connectivity index (χ1v) is 10.4.